The smallest absolute Gasteiger partial charge is 0.294 e. The molecule has 0 aromatic heterocycles. The molecule has 6 heteroatoms. The first-order valence-electron chi connectivity index (χ1n) is 8.64. The molecule has 2 aliphatic rings. The fourth-order valence-electron chi connectivity index (χ4n) is 3.36. The van der Waals surface area contributed by atoms with Crippen molar-refractivity contribution >= 4 is 45.7 Å². The maximum atomic E-state index is 12.7. The van der Waals surface area contributed by atoms with Gasteiger partial charge in [-0.2, -0.15) is 0 Å². The van der Waals surface area contributed by atoms with E-state index in [4.69, 9.17) is 0 Å². The SMILES string of the molecule is O=C(CN1C(=O)S/C(=C\c2cccc3ccccc23)C1=O)N1CCCC1. The van der Waals surface area contributed by atoms with Gasteiger partial charge < -0.3 is 4.90 Å². The fraction of sp³-hybridized carbons (Fsp3) is 0.250. The van der Waals surface area contributed by atoms with E-state index in [1.54, 1.807) is 11.0 Å². The molecule has 2 fully saturated rings. The summed E-state index contributed by atoms with van der Waals surface area (Å²) >= 11 is 0.898. The molecular weight excluding hydrogens is 348 g/mol. The van der Waals surface area contributed by atoms with Crippen molar-refractivity contribution in [2.45, 2.75) is 12.8 Å². The number of hydrogen-bond acceptors (Lipinski definition) is 4. The normalized spacial score (nSPS) is 19.2. The summed E-state index contributed by atoms with van der Waals surface area (Å²) in [5.74, 6) is -0.545. The molecule has 2 aromatic carbocycles. The van der Waals surface area contributed by atoms with Crippen molar-refractivity contribution in [3.63, 3.8) is 0 Å². The molecule has 3 amide bonds. The number of imide groups is 1. The minimum absolute atomic E-state index is 0.156. The minimum atomic E-state index is -0.388. The van der Waals surface area contributed by atoms with E-state index < -0.39 is 0 Å². The third-order valence-electron chi connectivity index (χ3n) is 4.74. The van der Waals surface area contributed by atoms with Gasteiger partial charge in [-0.3, -0.25) is 19.3 Å². The number of rotatable bonds is 3. The van der Waals surface area contributed by atoms with Crippen LogP contribution >= 0.6 is 11.8 Å². The van der Waals surface area contributed by atoms with E-state index in [1.165, 1.54) is 0 Å². The van der Waals surface area contributed by atoms with E-state index in [1.807, 2.05) is 42.5 Å². The van der Waals surface area contributed by atoms with Crippen LogP contribution in [0.25, 0.3) is 16.8 Å². The zero-order valence-electron chi connectivity index (χ0n) is 14.2. The van der Waals surface area contributed by atoms with Crippen molar-refractivity contribution in [2.24, 2.45) is 0 Å². The van der Waals surface area contributed by atoms with Gasteiger partial charge in [0.25, 0.3) is 11.1 Å². The number of fused-ring (bicyclic) bond motifs is 1. The van der Waals surface area contributed by atoms with Crippen LogP contribution in [0.15, 0.2) is 47.4 Å². The van der Waals surface area contributed by atoms with Gasteiger partial charge in [0.15, 0.2) is 0 Å². The van der Waals surface area contributed by atoms with E-state index in [0.29, 0.717) is 18.0 Å². The highest BCUT2D eigenvalue weighted by molar-refractivity contribution is 8.18. The van der Waals surface area contributed by atoms with E-state index in [-0.39, 0.29) is 23.6 Å². The van der Waals surface area contributed by atoms with Gasteiger partial charge >= 0.3 is 0 Å². The van der Waals surface area contributed by atoms with Crippen LogP contribution < -0.4 is 0 Å². The maximum Gasteiger partial charge on any atom is 0.294 e. The first-order valence-corrected chi connectivity index (χ1v) is 9.46. The first-order chi connectivity index (χ1) is 12.6. The Bertz CT molecular complexity index is 926. The number of amides is 3. The molecule has 26 heavy (non-hydrogen) atoms. The average molecular weight is 366 g/mol. The minimum Gasteiger partial charge on any atom is -0.341 e. The highest BCUT2D eigenvalue weighted by Crippen LogP contribution is 2.33. The average Bonchev–Trinajstić information content (AvgIpc) is 3.27. The zero-order chi connectivity index (χ0) is 18.1. The Kier molecular flexibility index (Phi) is 4.51. The van der Waals surface area contributed by atoms with Crippen LogP contribution in [0.2, 0.25) is 0 Å². The summed E-state index contributed by atoms with van der Waals surface area (Å²) in [6, 6.07) is 13.8. The topological polar surface area (TPSA) is 57.7 Å². The molecule has 2 heterocycles. The Morgan fingerprint density at radius 1 is 1.04 bits per heavy atom. The van der Waals surface area contributed by atoms with E-state index in [0.717, 1.165) is 45.8 Å². The van der Waals surface area contributed by atoms with Gasteiger partial charge in [0.2, 0.25) is 5.91 Å². The lowest BCUT2D eigenvalue weighted by Gasteiger charge is -2.18. The second-order valence-electron chi connectivity index (χ2n) is 6.42. The molecule has 0 unspecified atom stereocenters. The summed E-state index contributed by atoms with van der Waals surface area (Å²) < 4.78 is 0. The number of nitrogens with zero attached hydrogens (tertiary/aromatic N) is 2. The lowest BCUT2D eigenvalue weighted by Crippen LogP contribution is -2.40. The van der Waals surface area contributed by atoms with Crippen LogP contribution in [0.4, 0.5) is 4.79 Å². The van der Waals surface area contributed by atoms with Gasteiger partial charge in [-0.15, -0.1) is 0 Å². The molecule has 0 radical (unpaired) electrons. The van der Waals surface area contributed by atoms with E-state index in [9.17, 15) is 14.4 Å². The molecule has 0 atom stereocenters. The number of carbonyl (C=O) groups is 3. The van der Waals surface area contributed by atoms with E-state index >= 15 is 0 Å². The molecule has 2 aromatic rings. The molecule has 5 nitrogen and oxygen atoms in total. The maximum absolute atomic E-state index is 12.7. The van der Waals surface area contributed by atoms with Gasteiger partial charge in [-0.1, -0.05) is 42.5 Å². The molecule has 4 rings (SSSR count). The van der Waals surface area contributed by atoms with Crippen LogP contribution in [0.3, 0.4) is 0 Å². The molecule has 132 valence electrons. The molecule has 0 N–H and O–H groups in total. The fourth-order valence-corrected chi connectivity index (χ4v) is 4.18. The lowest BCUT2D eigenvalue weighted by molar-refractivity contribution is -0.135. The van der Waals surface area contributed by atoms with Crippen LogP contribution in [-0.2, 0) is 9.59 Å². The lowest BCUT2D eigenvalue weighted by atomic mass is 10.0. The molecule has 0 spiro atoms. The third-order valence-corrected chi connectivity index (χ3v) is 5.64. The summed E-state index contributed by atoms with van der Waals surface area (Å²) in [4.78, 5) is 40.3. The van der Waals surface area contributed by atoms with Crippen LogP contribution in [0.1, 0.15) is 18.4 Å². The number of likely N-dealkylation sites (tertiary alicyclic amines) is 1. The highest BCUT2D eigenvalue weighted by Gasteiger charge is 2.37. The van der Waals surface area contributed by atoms with Crippen LogP contribution in [-0.4, -0.2) is 46.5 Å². The summed E-state index contributed by atoms with van der Waals surface area (Å²) in [6.45, 7) is 1.25. The van der Waals surface area contributed by atoms with Crippen molar-refractivity contribution in [2.75, 3.05) is 19.6 Å². The summed E-state index contributed by atoms with van der Waals surface area (Å²) in [5.41, 5.74) is 0.888. The molecule has 0 aliphatic carbocycles. The number of carbonyl (C=O) groups excluding carboxylic acids is 3. The van der Waals surface area contributed by atoms with Gasteiger partial charge in [0, 0.05) is 13.1 Å². The van der Waals surface area contributed by atoms with Crippen molar-refractivity contribution in [1.82, 2.24) is 9.80 Å². The van der Waals surface area contributed by atoms with Gasteiger partial charge in [-0.25, -0.2) is 0 Å². The standard InChI is InChI=1S/C20H18N2O3S/c23-18(21-10-3-4-11-21)13-22-19(24)17(26-20(22)25)12-15-8-5-7-14-6-1-2-9-16(14)15/h1-2,5-9,12H,3-4,10-11,13H2/b17-12-. The number of thioether (sulfide) groups is 1. The van der Waals surface area contributed by atoms with Crippen LogP contribution in [0, 0.1) is 0 Å². The van der Waals surface area contributed by atoms with Crippen molar-refractivity contribution in [1.29, 1.82) is 0 Å². The summed E-state index contributed by atoms with van der Waals surface area (Å²) in [6.07, 6.45) is 3.71. The van der Waals surface area contributed by atoms with Gasteiger partial charge in [0.05, 0.1) is 4.91 Å². The molecule has 2 saturated heterocycles. The predicted molar refractivity (Wildman–Crippen MR) is 102 cm³/mol. The first kappa shape index (κ1) is 16.8. The Morgan fingerprint density at radius 2 is 1.77 bits per heavy atom. The Morgan fingerprint density at radius 3 is 2.58 bits per heavy atom. The monoisotopic (exact) mass is 366 g/mol. The third kappa shape index (κ3) is 3.12. The van der Waals surface area contributed by atoms with E-state index in [2.05, 4.69) is 0 Å². The quantitative estimate of drug-likeness (QED) is 0.780. The number of hydrogen-bond donors (Lipinski definition) is 0. The predicted octanol–water partition coefficient (Wildman–Crippen LogP) is 3.50. The van der Waals surface area contributed by atoms with Crippen molar-refractivity contribution in [3.8, 4) is 0 Å². The summed E-state index contributed by atoms with van der Waals surface area (Å²) in [7, 11) is 0. The van der Waals surface area contributed by atoms with Crippen molar-refractivity contribution < 1.29 is 14.4 Å². The second-order valence-corrected chi connectivity index (χ2v) is 7.42. The zero-order valence-corrected chi connectivity index (χ0v) is 15.0. The molecule has 0 saturated carbocycles. The largest absolute Gasteiger partial charge is 0.341 e. The second kappa shape index (κ2) is 6.96. The number of benzene rings is 2. The molecule has 0 bridgehead atoms. The van der Waals surface area contributed by atoms with Crippen LogP contribution in [0.5, 0.6) is 0 Å². The van der Waals surface area contributed by atoms with Gasteiger partial charge in [0.1, 0.15) is 6.54 Å². The summed E-state index contributed by atoms with van der Waals surface area (Å²) in [5, 5.41) is 1.72. The Hall–Kier alpha value is -2.60. The molecule has 2 aliphatic heterocycles. The Balaban J connectivity index is 1.58. The van der Waals surface area contributed by atoms with Crippen molar-refractivity contribution in [3.05, 3.63) is 52.9 Å². The highest BCUT2D eigenvalue weighted by atomic mass is 32.2. The molecular formula is C20H18N2O3S. The Labute approximate surface area is 155 Å². The van der Waals surface area contributed by atoms with Gasteiger partial charge in [-0.05, 0) is 47.0 Å².